The van der Waals surface area contributed by atoms with Crippen LogP contribution in [0.5, 0.6) is 0 Å². The van der Waals surface area contributed by atoms with Gasteiger partial charge in [-0.15, -0.1) is 0 Å². The standard InChI is InChI=1S/C15H33N/c1-4-6-7-8-9-10-11-12-13-15(3)16-14-5-2/h15-16H,4-14H2,1-3H3. The first kappa shape index (κ1) is 16.0. The minimum atomic E-state index is 0.722. The molecule has 0 radical (unpaired) electrons. The van der Waals surface area contributed by atoms with Crippen molar-refractivity contribution in [2.45, 2.75) is 91.0 Å². The lowest BCUT2D eigenvalue weighted by Crippen LogP contribution is -2.26. The van der Waals surface area contributed by atoms with E-state index in [-0.39, 0.29) is 0 Å². The van der Waals surface area contributed by atoms with Crippen LogP contribution < -0.4 is 5.32 Å². The second-order valence-corrected chi connectivity index (χ2v) is 5.12. The van der Waals surface area contributed by atoms with E-state index in [0.717, 1.165) is 6.04 Å². The molecule has 0 aliphatic heterocycles. The lowest BCUT2D eigenvalue weighted by molar-refractivity contribution is 0.477. The molecule has 0 aromatic heterocycles. The van der Waals surface area contributed by atoms with Gasteiger partial charge in [-0.1, -0.05) is 65.2 Å². The molecule has 0 aromatic carbocycles. The van der Waals surface area contributed by atoms with E-state index in [0.29, 0.717) is 0 Å². The highest BCUT2D eigenvalue weighted by Gasteiger charge is 1.99. The second-order valence-electron chi connectivity index (χ2n) is 5.12. The van der Waals surface area contributed by atoms with Crippen molar-refractivity contribution < 1.29 is 0 Å². The van der Waals surface area contributed by atoms with Crippen LogP contribution in [-0.4, -0.2) is 12.6 Å². The van der Waals surface area contributed by atoms with Crippen LogP contribution in [-0.2, 0) is 0 Å². The Hall–Kier alpha value is -0.0400. The first-order chi connectivity index (χ1) is 7.81. The van der Waals surface area contributed by atoms with E-state index in [1.807, 2.05) is 0 Å². The van der Waals surface area contributed by atoms with Gasteiger partial charge in [0.05, 0.1) is 0 Å². The van der Waals surface area contributed by atoms with Crippen molar-refractivity contribution in [1.29, 1.82) is 0 Å². The molecule has 0 rings (SSSR count). The summed E-state index contributed by atoms with van der Waals surface area (Å²) in [6, 6.07) is 0.722. The highest BCUT2D eigenvalue weighted by atomic mass is 14.9. The Balaban J connectivity index is 3.02. The summed E-state index contributed by atoms with van der Waals surface area (Å²) in [5.74, 6) is 0. The first-order valence-electron chi connectivity index (χ1n) is 7.54. The predicted octanol–water partition coefficient (Wildman–Crippen LogP) is 4.91. The molecule has 98 valence electrons. The third-order valence-electron chi connectivity index (χ3n) is 3.23. The van der Waals surface area contributed by atoms with Crippen LogP contribution in [0.4, 0.5) is 0 Å². The zero-order valence-corrected chi connectivity index (χ0v) is 11.9. The van der Waals surface area contributed by atoms with Gasteiger partial charge in [0, 0.05) is 6.04 Å². The zero-order valence-electron chi connectivity index (χ0n) is 11.9. The van der Waals surface area contributed by atoms with Crippen LogP contribution in [0.3, 0.4) is 0 Å². The molecule has 0 heterocycles. The summed E-state index contributed by atoms with van der Waals surface area (Å²) in [6.07, 6.45) is 14.1. The van der Waals surface area contributed by atoms with E-state index < -0.39 is 0 Å². The van der Waals surface area contributed by atoms with Crippen molar-refractivity contribution in [3.63, 3.8) is 0 Å². The van der Waals surface area contributed by atoms with Crippen LogP contribution in [0.25, 0.3) is 0 Å². The molecule has 1 atom stereocenters. The van der Waals surface area contributed by atoms with Gasteiger partial charge in [0.1, 0.15) is 0 Å². The SMILES string of the molecule is CCCCCCCCCCC(C)NCCC. The van der Waals surface area contributed by atoms with Crippen molar-refractivity contribution >= 4 is 0 Å². The fourth-order valence-corrected chi connectivity index (χ4v) is 2.08. The molecule has 0 saturated carbocycles. The fourth-order valence-electron chi connectivity index (χ4n) is 2.08. The van der Waals surface area contributed by atoms with Gasteiger partial charge in [-0.2, -0.15) is 0 Å². The molecule has 0 spiro atoms. The van der Waals surface area contributed by atoms with Gasteiger partial charge in [-0.3, -0.25) is 0 Å². The molecule has 0 amide bonds. The Labute approximate surface area is 103 Å². The maximum Gasteiger partial charge on any atom is 0.00387 e. The molecule has 1 unspecified atom stereocenters. The summed E-state index contributed by atoms with van der Waals surface area (Å²) < 4.78 is 0. The summed E-state index contributed by atoms with van der Waals surface area (Å²) in [5.41, 5.74) is 0. The van der Waals surface area contributed by atoms with Crippen molar-refractivity contribution in [1.82, 2.24) is 5.32 Å². The van der Waals surface area contributed by atoms with Crippen molar-refractivity contribution in [3.8, 4) is 0 Å². The molecule has 1 N–H and O–H groups in total. The van der Waals surface area contributed by atoms with Crippen LogP contribution in [0.1, 0.15) is 85.0 Å². The Morgan fingerprint density at radius 2 is 1.31 bits per heavy atom. The molecule has 0 aliphatic rings. The maximum absolute atomic E-state index is 3.55. The van der Waals surface area contributed by atoms with Crippen molar-refractivity contribution in [3.05, 3.63) is 0 Å². The van der Waals surface area contributed by atoms with Crippen LogP contribution in [0, 0.1) is 0 Å². The summed E-state index contributed by atoms with van der Waals surface area (Å²) in [4.78, 5) is 0. The minimum Gasteiger partial charge on any atom is -0.314 e. The normalized spacial score (nSPS) is 12.9. The van der Waals surface area contributed by atoms with Crippen LogP contribution >= 0.6 is 0 Å². The summed E-state index contributed by atoms with van der Waals surface area (Å²) >= 11 is 0. The summed E-state index contributed by atoms with van der Waals surface area (Å²) in [6.45, 7) is 8.01. The molecule has 0 saturated heterocycles. The highest BCUT2D eigenvalue weighted by molar-refractivity contribution is 4.60. The zero-order chi connectivity index (χ0) is 12.1. The van der Waals surface area contributed by atoms with Gasteiger partial charge >= 0.3 is 0 Å². The molecule has 1 nitrogen and oxygen atoms in total. The molecule has 16 heavy (non-hydrogen) atoms. The molecular formula is C15H33N. The molecular weight excluding hydrogens is 194 g/mol. The largest absolute Gasteiger partial charge is 0.314 e. The van der Waals surface area contributed by atoms with Crippen molar-refractivity contribution in [2.24, 2.45) is 0 Å². The van der Waals surface area contributed by atoms with Gasteiger partial charge in [-0.25, -0.2) is 0 Å². The first-order valence-corrected chi connectivity index (χ1v) is 7.54. The minimum absolute atomic E-state index is 0.722. The van der Waals surface area contributed by atoms with Gasteiger partial charge in [-0.05, 0) is 26.3 Å². The number of hydrogen-bond acceptors (Lipinski definition) is 1. The van der Waals surface area contributed by atoms with Gasteiger partial charge in [0.15, 0.2) is 0 Å². The van der Waals surface area contributed by atoms with Crippen LogP contribution in [0.2, 0.25) is 0 Å². The van der Waals surface area contributed by atoms with Gasteiger partial charge in [0.2, 0.25) is 0 Å². The molecule has 0 fully saturated rings. The number of nitrogens with one attached hydrogen (secondary N) is 1. The Morgan fingerprint density at radius 1 is 0.750 bits per heavy atom. The second kappa shape index (κ2) is 13.0. The number of unbranched alkanes of at least 4 members (excludes halogenated alkanes) is 7. The van der Waals surface area contributed by atoms with Gasteiger partial charge in [0.25, 0.3) is 0 Å². The van der Waals surface area contributed by atoms with E-state index in [1.165, 1.54) is 70.8 Å². The molecule has 0 aliphatic carbocycles. The van der Waals surface area contributed by atoms with E-state index in [9.17, 15) is 0 Å². The number of rotatable bonds is 12. The fraction of sp³-hybridized carbons (Fsp3) is 1.00. The quantitative estimate of drug-likeness (QED) is 0.467. The maximum atomic E-state index is 3.55. The van der Waals surface area contributed by atoms with Crippen LogP contribution in [0.15, 0.2) is 0 Å². The third kappa shape index (κ3) is 12.0. The number of hydrogen-bond donors (Lipinski definition) is 1. The predicted molar refractivity (Wildman–Crippen MR) is 75.0 cm³/mol. The van der Waals surface area contributed by atoms with Crippen molar-refractivity contribution in [2.75, 3.05) is 6.54 Å². The Bertz CT molecular complexity index is 123. The average Bonchev–Trinajstić information content (AvgIpc) is 2.30. The van der Waals surface area contributed by atoms with E-state index >= 15 is 0 Å². The average molecular weight is 227 g/mol. The Morgan fingerprint density at radius 3 is 1.88 bits per heavy atom. The summed E-state index contributed by atoms with van der Waals surface area (Å²) in [5, 5.41) is 3.55. The lowest BCUT2D eigenvalue weighted by atomic mass is 10.1. The lowest BCUT2D eigenvalue weighted by Gasteiger charge is -2.12. The van der Waals surface area contributed by atoms with Gasteiger partial charge < -0.3 is 5.32 Å². The Kier molecular flexibility index (Phi) is 13.0. The molecule has 0 aromatic rings. The topological polar surface area (TPSA) is 12.0 Å². The monoisotopic (exact) mass is 227 g/mol. The van der Waals surface area contributed by atoms with E-state index in [2.05, 4.69) is 26.1 Å². The third-order valence-corrected chi connectivity index (χ3v) is 3.23. The molecule has 1 heteroatoms. The highest BCUT2D eigenvalue weighted by Crippen LogP contribution is 2.10. The molecule has 0 bridgehead atoms. The van der Waals surface area contributed by atoms with E-state index in [1.54, 1.807) is 0 Å². The van der Waals surface area contributed by atoms with E-state index in [4.69, 9.17) is 0 Å². The smallest absolute Gasteiger partial charge is 0.00387 e. The summed E-state index contributed by atoms with van der Waals surface area (Å²) in [7, 11) is 0.